The first-order chi connectivity index (χ1) is 12.0. The van der Waals surface area contributed by atoms with Gasteiger partial charge in [-0.15, -0.1) is 0 Å². The standard InChI is InChI=1S/C9F19I/c10-1(7(21,22)23,9(27,28)29)2(11,12)3(13,14)4(15,16)5(17,18)6(19,20)8(24,25)26. The molecule has 1 unspecified atom stereocenters. The molecule has 0 bridgehead atoms. The number of hydrogen-bond acceptors (Lipinski definition) is 0. The highest BCUT2D eigenvalue weighted by atomic mass is 127. The van der Waals surface area contributed by atoms with E-state index < -0.39 is 74.2 Å². The molecule has 0 spiro atoms. The Bertz CT molecular complexity index is 589. The van der Waals surface area contributed by atoms with Gasteiger partial charge in [-0.05, 0) is 0 Å². The van der Waals surface area contributed by atoms with Gasteiger partial charge >= 0.3 is 51.6 Å². The summed E-state index contributed by atoms with van der Waals surface area (Å²) in [5.74, 6) is -43.4. The van der Waals surface area contributed by atoms with Crippen LogP contribution in [0.5, 0.6) is 0 Å². The van der Waals surface area contributed by atoms with E-state index in [1.54, 1.807) is 0 Å². The minimum atomic E-state index is -8.88. The van der Waals surface area contributed by atoms with E-state index in [4.69, 9.17) is 0 Å². The second-order valence-electron chi connectivity index (χ2n) is 5.02. The Hall–Kier alpha value is -0.600. The molecule has 0 saturated heterocycles. The number of halogens is 20. The van der Waals surface area contributed by atoms with Crippen LogP contribution in [0.15, 0.2) is 0 Å². The summed E-state index contributed by atoms with van der Waals surface area (Å²) >= 11 is -1.28. The molecule has 0 aromatic rings. The molecule has 0 nitrogen and oxygen atoms in total. The summed E-state index contributed by atoms with van der Waals surface area (Å²) in [6.07, 6.45) is -15.8. The van der Waals surface area contributed by atoms with Crippen molar-refractivity contribution < 1.29 is 83.4 Å². The van der Waals surface area contributed by atoms with E-state index in [1.165, 1.54) is 0 Å². The van der Waals surface area contributed by atoms with E-state index in [1.807, 2.05) is 0 Å². The maximum Gasteiger partial charge on any atom is 0.460 e. The van der Waals surface area contributed by atoms with Gasteiger partial charge in [-0.2, -0.15) is 79.0 Å². The van der Waals surface area contributed by atoms with Gasteiger partial charge in [-0.1, -0.05) is 0 Å². The molecule has 20 heteroatoms. The minimum Gasteiger partial charge on any atom is -0.219 e. The Kier molecular flexibility index (Phi) is 6.56. The molecule has 0 saturated carbocycles. The summed E-state index contributed by atoms with van der Waals surface area (Å²) in [5.41, 5.74) is -8.13. The van der Waals surface area contributed by atoms with Crippen molar-refractivity contribution in [3.8, 4) is 0 Å². The quantitative estimate of drug-likeness (QED) is 0.176. The maximum absolute atomic E-state index is 13.4. The Morgan fingerprint density at radius 3 is 0.759 bits per heavy atom. The van der Waals surface area contributed by atoms with Crippen molar-refractivity contribution >= 4 is 22.6 Å². The van der Waals surface area contributed by atoms with Crippen molar-refractivity contribution in [3.05, 3.63) is 0 Å². The molecule has 0 fully saturated rings. The van der Waals surface area contributed by atoms with Crippen LogP contribution in [-0.4, -0.2) is 51.6 Å². The smallest absolute Gasteiger partial charge is 0.219 e. The van der Waals surface area contributed by atoms with E-state index in [0.717, 1.165) is 0 Å². The highest BCUT2D eigenvalue weighted by molar-refractivity contribution is 14.1. The van der Waals surface area contributed by atoms with Gasteiger partial charge < -0.3 is 0 Å². The van der Waals surface area contributed by atoms with Crippen molar-refractivity contribution in [1.29, 1.82) is 0 Å². The van der Waals surface area contributed by atoms with Crippen molar-refractivity contribution in [3.63, 3.8) is 0 Å². The Morgan fingerprint density at radius 1 is 0.310 bits per heavy atom. The van der Waals surface area contributed by atoms with Crippen LogP contribution in [0.4, 0.5) is 83.4 Å². The molecule has 0 aliphatic carbocycles. The first-order valence-corrected chi connectivity index (χ1v) is 6.86. The fourth-order valence-corrected chi connectivity index (χ4v) is 2.15. The van der Waals surface area contributed by atoms with E-state index >= 15 is 0 Å². The molecular weight excluding hydrogens is 596 g/mol. The van der Waals surface area contributed by atoms with Gasteiger partial charge in [-0.3, -0.25) is 0 Å². The molecule has 0 heterocycles. The van der Waals surface area contributed by atoms with Gasteiger partial charge in [0.2, 0.25) is 0 Å². The fraction of sp³-hybridized carbons (Fsp3) is 1.00. The van der Waals surface area contributed by atoms with Gasteiger partial charge in [0.25, 0.3) is 0 Å². The summed E-state index contributed by atoms with van der Waals surface area (Å²) in [7, 11) is 0. The zero-order chi connectivity index (χ0) is 24.5. The Balaban J connectivity index is 7.04. The van der Waals surface area contributed by atoms with E-state index in [-0.39, 0.29) is 0 Å². The lowest BCUT2D eigenvalue weighted by Crippen LogP contribution is -2.77. The number of hydrogen-bond donors (Lipinski definition) is 0. The van der Waals surface area contributed by atoms with Crippen molar-refractivity contribution in [2.45, 2.75) is 51.6 Å². The molecule has 0 radical (unpaired) electrons. The summed E-state index contributed by atoms with van der Waals surface area (Å²) in [6.45, 7) is 0. The Morgan fingerprint density at radius 2 is 0.552 bits per heavy atom. The molecular formula is C9F19I. The number of alkyl halides is 20. The first kappa shape index (κ1) is 28.4. The average molecular weight is 596 g/mol. The van der Waals surface area contributed by atoms with Gasteiger partial charge in [0.05, 0.1) is 0 Å². The van der Waals surface area contributed by atoms with Gasteiger partial charge in [-0.25, -0.2) is 4.39 Å². The lowest BCUT2D eigenvalue weighted by molar-refractivity contribution is -0.463. The molecule has 1 atom stereocenters. The van der Waals surface area contributed by atoms with E-state index in [2.05, 4.69) is 0 Å². The van der Waals surface area contributed by atoms with Crippen LogP contribution >= 0.6 is 22.6 Å². The van der Waals surface area contributed by atoms with Crippen LogP contribution in [0, 0.1) is 0 Å². The summed E-state index contributed by atoms with van der Waals surface area (Å²) in [5, 5.41) is 0. The third-order valence-electron chi connectivity index (χ3n) is 3.15. The topological polar surface area (TPSA) is 0 Å². The zero-order valence-corrected chi connectivity index (χ0v) is 14.2. The Labute approximate surface area is 158 Å². The third-order valence-corrected chi connectivity index (χ3v) is 3.89. The monoisotopic (exact) mass is 596 g/mol. The first-order valence-electron chi connectivity index (χ1n) is 5.78. The summed E-state index contributed by atoms with van der Waals surface area (Å²) in [6, 6.07) is 0. The lowest BCUT2D eigenvalue weighted by atomic mass is 9.85. The molecule has 0 aliphatic heterocycles. The molecule has 0 aliphatic rings. The van der Waals surface area contributed by atoms with Crippen LogP contribution in [-0.2, 0) is 0 Å². The maximum atomic E-state index is 13.4. The molecule has 0 aromatic carbocycles. The van der Waals surface area contributed by atoms with Crippen LogP contribution in [0.3, 0.4) is 0 Å². The lowest BCUT2D eigenvalue weighted by Gasteiger charge is -2.45. The van der Waals surface area contributed by atoms with E-state index in [0.29, 0.717) is 0 Å². The molecule has 0 N–H and O–H groups in total. The third kappa shape index (κ3) is 3.47. The highest BCUT2D eigenvalue weighted by Gasteiger charge is 2.97. The molecule has 176 valence electrons. The predicted molar refractivity (Wildman–Crippen MR) is 59.7 cm³/mol. The zero-order valence-electron chi connectivity index (χ0n) is 12.1. The second kappa shape index (κ2) is 6.70. The van der Waals surface area contributed by atoms with Crippen LogP contribution in [0.2, 0.25) is 0 Å². The van der Waals surface area contributed by atoms with Crippen LogP contribution < -0.4 is 0 Å². The predicted octanol–water partition coefficient (Wildman–Crippen LogP) is 7.02. The van der Waals surface area contributed by atoms with Crippen LogP contribution in [0.1, 0.15) is 0 Å². The fourth-order valence-electron chi connectivity index (χ4n) is 1.50. The van der Waals surface area contributed by atoms with Gasteiger partial charge in [0.15, 0.2) is 0 Å². The molecule has 29 heavy (non-hydrogen) atoms. The van der Waals surface area contributed by atoms with E-state index in [9.17, 15) is 83.4 Å². The molecule has 0 rings (SSSR count). The SMILES string of the molecule is FC(F)(F)C(F)(F)C(F)(F)C(F)(F)C(F)(F)C(F)(F)C(F)(C(F)(F)F)C(F)(F)I. The van der Waals surface area contributed by atoms with Gasteiger partial charge in [0, 0.05) is 22.6 Å². The normalized spacial score (nSPS) is 18.6. The average Bonchev–Trinajstić information content (AvgIpc) is 2.41. The van der Waals surface area contributed by atoms with Crippen molar-refractivity contribution in [1.82, 2.24) is 0 Å². The summed E-state index contributed by atoms with van der Waals surface area (Å²) in [4.78, 5) is 0. The highest BCUT2D eigenvalue weighted by Crippen LogP contribution is 2.66. The second-order valence-corrected chi connectivity index (χ2v) is 6.38. The molecule has 0 amide bonds. The van der Waals surface area contributed by atoms with Crippen molar-refractivity contribution in [2.75, 3.05) is 0 Å². The summed E-state index contributed by atoms with van der Waals surface area (Å²) < 4.78 is 234. The largest absolute Gasteiger partial charge is 0.460 e. The van der Waals surface area contributed by atoms with Crippen LogP contribution in [0.25, 0.3) is 0 Å². The number of rotatable bonds is 6. The van der Waals surface area contributed by atoms with Crippen molar-refractivity contribution in [2.24, 2.45) is 0 Å². The van der Waals surface area contributed by atoms with Gasteiger partial charge in [0.1, 0.15) is 0 Å². The minimum absolute atomic E-state index is 1.28. The molecule has 0 aromatic heterocycles.